The summed E-state index contributed by atoms with van der Waals surface area (Å²) in [5.74, 6) is 1.37. The first kappa shape index (κ1) is 18.2. The van der Waals surface area contributed by atoms with Gasteiger partial charge in [-0.1, -0.05) is 6.07 Å². The molecular formula is C20H28N4O3. The summed E-state index contributed by atoms with van der Waals surface area (Å²) in [6.45, 7) is 5.04. The number of hydrogen-bond donors (Lipinski definition) is 1. The standard InChI is InChI=1S/C20H28N4O3/c25-19(17-2-1-7-24(14-17)20(26)16-4-5-16)22-13-15-3-6-18(21-12-15)23-8-10-27-11-9-23/h3,6,12,16-17H,1-2,4-5,7-11,13-14H2,(H,22,25)/t17-/m1/s1. The number of rotatable bonds is 5. The summed E-state index contributed by atoms with van der Waals surface area (Å²) in [6.07, 6.45) is 5.62. The molecule has 1 aromatic heterocycles. The highest BCUT2D eigenvalue weighted by molar-refractivity contribution is 5.83. The molecule has 0 unspecified atom stereocenters. The van der Waals surface area contributed by atoms with E-state index in [1.165, 1.54) is 0 Å². The van der Waals surface area contributed by atoms with E-state index in [0.29, 0.717) is 13.1 Å². The molecule has 3 fully saturated rings. The van der Waals surface area contributed by atoms with Crippen molar-refractivity contribution in [2.75, 3.05) is 44.3 Å². The number of pyridine rings is 1. The second kappa shape index (κ2) is 8.25. The van der Waals surface area contributed by atoms with Gasteiger partial charge in [0, 0.05) is 44.8 Å². The fraction of sp³-hybridized carbons (Fsp3) is 0.650. The van der Waals surface area contributed by atoms with Gasteiger partial charge in [0.05, 0.1) is 19.1 Å². The predicted molar refractivity (Wildman–Crippen MR) is 101 cm³/mol. The van der Waals surface area contributed by atoms with Gasteiger partial charge in [0.25, 0.3) is 0 Å². The molecule has 2 amide bonds. The largest absolute Gasteiger partial charge is 0.378 e. The molecule has 0 spiro atoms. The highest BCUT2D eigenvalue weighted by Gasteiger charge is 2.36. The maximum atomic E-state index is 12.5. The molecule has 1 N–H and O–H groups in total. The third kappa shape index (κ3) is 4.58. The van der Waals surface area contributed by atoms with Gasteiger partial charge in [0.15, 0.2) is 0 Å². The van der Waals surface area contributed by atoms with Crippen LogP contribution in [0.5, 0.6) is 0 Å². The summed E-state index contributed by atoms with van der Waals surface area (Å²) in [6, 6.07) is 4.02. The lowest BCUT2D eigenvalue weighted by Gasteiger charge is -2.32. The number of carbonyl (C=O) groups is 2. The average molecular weight is 372 g/mol. The summed E-state index contributed by atoms with van der Waals surface area (Å²) >= 11 is 0. The Morgan fingerprint density at radius 1 is 1.11 bits per heavy atom. The molecule has 3 aliphatic rings. The molecule has 4 rings (SSSR count). The summed E-state index contributed by atoms with van der Waals surface area (Å²) in [5.41, 5.74) is 0.988. The van der Waals surface area contributed by atoms with Gasteiger partial charge < -0.3 is 19.9 Å². The minimum Gasteiger partial charge on any atom is -0.378 e. The SMILES string of the molecule is O=C(NCc1ccc(N2CCOCC2)nc1)[C@@H]1CCCN(C(=O)C2CC2)C1. The number of carbonyl (C=O) groups excluding carboxylic acids is 2. The zero-order valence-corrected chi connectivity index (χ0v) is 15.7. The Hall–Kier alpha value is -2.15. The summed E-state index contributed by atoms with van der Waals surface area (Å²) < 4.78 is 5.36. The lowest BCUT2D eigenvalue weighted by molar-refractivity contribution is -0.136. The van der Waals surface area contributed by atoms with Crippen molar-refractivity contribution in [2.24, 2.45) is 11.8 Å². The smallest absolute Gasteiger partial charge is 0.225 e. The third-order valence-electron chi connectivity index (χ3n) is 5.64. The molecule has 0 bridgehead atoms. The van der Waals surface area contributed by atoms with Gasteiger partial charge in [-0.2, -0.15) is 0 Å². The van der Waals surface area contributed by atoms with Crippen LogP contribution in [0.4, 0.5) is 5.82 Å². The van der Waals surface area contributed by atoms with Crippen molar-refractivity contribution in [3.05, 3.63) is 23.9 Å². The summed E-state index contributed by atoms with van der Waals surface area (Å²) in [7, 11) is 0. The van der Waals surface area contributed by atoms with Crippen LogP contribution in [0.15, 0.2) is 18.3 Å². The van der Waals surface area contributed by atoms with E-state index < -0.39 is 0 Å². The lowest BCUT2D eigenvalue weighted by atomic mass is 9.96. The Morgan fingerprint density at radius 2 is 1.93 bits per heavy atom. The van der Waals surface area contributed by atoms with Crippen LogP contribution in [0, 0.1) is 11.8 Å². The molecule has 146 valence electrons. The number of hydrogen-bond acceptors (Lipinski definition) is 5. The van der Waals surface area contributed by atoms with Crippen molar-refractivity contribution in [1.82, 2.24) is 15.2 Å². The molecule has 1 aromatic rings. The first-order valence-corrected chi connectivity index (χ1v) is 10.0. The number of likely N-dealkylation sites (tertiary alicyclic amines) is 1. The second-order valence-corrected chi connectivity index (χ2v) is 7.74. The number of amides is 2. The van der Waals surface area contributed by atoms with Crippen LogP contribution in [-0.4, -0.2) is 61.1 Å². The van der Waals surface area contributed by atoms with Crippen molar-refractivity contribution in [1.29, 1.82) is 0 Å². The summed E-state index contributed by atoms with van der Waals surface area (Å²) in [4.78, 5) is 33.4. The van der Waals surface area contributed by atoms with E-state index >= 15 is 0 Å². The van der Waals surface area contributed by atoms with E-state index in [9.17, 15) is 9.59 Å². The van der Waals surface area contributed by atoms with Crippen LogP contribution >= 0.6 is 0 Å². The average Bonchev–Trinajstić information content (AvgIpc) is 3.58. The van der Waals surface area contributed by atoms with Gasteiger partial charge in [-0.15, -0.1) is 0 Å². The minimum atomic E-state index is -0.0953. The quantitative estimate of drug-likeness (QED) is 0.840. The van der Waals surface area contributed by atoms with E-state index in [4.69, 9.17) is 4.74 Å². The molecule has 0 aromatic carbocycles. The maximum absolute atomic E-state index is 12.5. The molecule has 7 nitrogen and oxygen atoms in total. The van der Waals surface area contributed by atoms with E-state index in [0.717, 1.165) is 69.9 Å². The van der Waals surface area contributed by atoms with Gasteiger partial charge in [0.2, 0.25) is 11.8 Å². The Bertz CT molecular complexity index is 668. The highest BCUT2D eigenvalue weighted by atomic mass is 16.5. The Labute approximate surface area is 160 Å². The van der Waals surface area contributed by atoms with Gasteiger partial charge in [-0.25, -0.2) is 4.98 Å². The number of nitrogens with zero attached hydrogens (tertiary/aromatic N) is 3. The zero-order valence-electron chi connectivity index (χ0n) is 15.7. The van der Waals surface area contributed by atoms with E-state index in [2.05, 4.69) is 15.2 Å². The van der Waals surface area contributed by atoms with Crippen molar-refractivity contribution in [3.63, 3.8) is 0 Å². The maximum Gasteiger partial charge on any atom is 0.225 e. The van der Waals surface area contributed by atoms with Crippen LogP contribution in [0.3, 0.4) is 0 Å². The van der Waals surface area contributed by atoms with E-state index in [1.807, 2.05) is 23.2 Å². The number of anilines is 1. The van der Waals surface area contributed by atoms with Crippen LogP contribution < -0.4 is 10.2 Å². The van der Waals surface area contributed by atoms with E-state index in [1.54, 1.807) is 0 Å². The van der Waals surface area contributed by atoms with Crippen molar-refractivity contribution in [3.8, 4) is 0 Å². The van der Waals surface area contributed by atoms with Crippen molar-refractivity contribution >= 4 is 17.6 Å². The Morgan fingerprint density at radius 3 is 2.63 bits per heavy atom. The lowest BCUT2D eigenvalue weighted by Crippen LogP contribution is -2.45. The Kier molecular flexibility index (Phi) is 5.57. The van der Waals surface area contributed by atoms with Crippen LogP contribution in [0.25, 0.3) is 0 Å². The topological polar surface area (TPSA) is 74.8 Å². The van der Waals surface area contributed by atoms with Gasteiger partial charge in [0.1, 0.15) is 5.82 Å². The molecule has 27 heavy (non-hydrogen) atoms. The van der Waals surface area contributed by atoms with Crippen molar-refractivity contribution in [2.45, 2.75) is 32.2 Å². The normalized spacial score (nSPS) is 23.2. The highest BCUT2D eigenvalue weighted by Crippen LogP contribution is 2.32. The molecule has 3 heterocycles. The van der Waals surface area contributed by atoms with E-state index in [-0.39, 0.29) is 23.7 Å². The number of piperidine rings is 1. The molecular weight excluding hydrogens is 344 g/mol. The van der Waals surface area contributed by atoms with Crippen LogP contribution in [0.2, 0.25) is 0 Å². The number of ether oxygens (including phenoxy) is 1. The molecule has 2 saturated heterocycles. The predicted octanol–water partition coefficient (Wildman–Crippen LogP) is 1.18. The second-order valence-electron chi connectivity index (χ2n) is 7.74. The summed E-state index contributed by atoms with van der Waals surface area (Å²) in [5, 5.41) is 3.02. The minimum absolute atomic E-state index is 0.0422. The van der Waals surface area contributed by atoms with Crippen LogP contribution in [-0.2, 0) is 20.9 Å². The molecule has 1 atom stereocenters. The molecule has 1 saturated carbocycles. The number of nitrogens with one attached hydrogen (secondary N) is 1. The number of aromatic nitrogens is 1. The molecule has 7 heteroatoms. The fourth-order valence-electron chi connectivity index (χ4n) is 3.81. The van der Waals surface area contributed by atoms with Crippen molar-refractivity contribution < 1.29 is 14.3 Å². The number of morpholine rings is 1. The monoisotopic (exact) mass is 372 g/mol. The zero-order chi connectivity index (χ0) is 18.6. The first-order valence-electron chi connectivity index (χ1n) is 10.0. The Balaban J connectivity index is 1.26. The molecule has 2 aliphatic heterocycles. The van der Waals surface area contributed by atoms with Gasteiger partial charge >= 0.3 is 0 Å². The molecule has 0 radical (unpaired) electrons. The van der Waals surface area contributed by atoms with Gasteiger partial charge in [-0.3, -0.25) is 9.59 Å². The fourth-order valence-corrected chi connectivity index (χ4v) is 3.81. The third-order valence-corrected chi connectivity index (χ3v) is 5.64. The molecule has 1 aliphatic carbocycles. The van der Waals surface area contributed by atoms with Gasteiger partial charge in [-0.05, 0) is 37.3 Å². The first-order chi connectivity index (χ1) is 13.2. The van der Waals surface area contributed by atoms with Crippen LogP contribution in [0.1, 0.15) is 31.2 Å².